The lowest BCUT2D eigenvalue weighted by Gasteiger charge is -2.29. The number of anilines is 1. The van der Waals surface area contributed by atoms with Crippen LogP contribution in [0.1, 0.15) is 47.7 Å². The molecule has 2 aromatic carbocycles. The van der Waals surface area contributed by atoms with Crippen LogP contribution in [-0.2, 0) is 10.0 Å². The van der Waals surface area contributed by atoms with E-state index in [1.54, 1.807) is 33.5 Å². The number of halogens is 1. The second-order valence-corrected chi connectivity index (χ2v) is 13.0. The van der Waals surface area contributed by atoms with Crippen LogP contribution < -0.4 is 4.90 Å². The SMILES string of the molecule is Cc1ccc2sc(N(CCCN(C)C)C(=O)c3ccc(S(=O)(=O)N4CCC(C)CC4)cc3)nc2c1C.Cl. The van der Waals surface area contributed by atoms with Gasteiger partial charge in [0.2, 0.25) is 10.0 Å². The van der Waals surface area contributed by atoms with Crippen molar-refractivity contribution in [1.29, 1.82) is 0 Å². The lowest BCUT2D eigenvalue weighted by atomic mass is 10.0. The number of sulfonamides is 1. The van der Waals surface area contributed by atoms with Crippen molar-refractivity contribution in [2.24, 2.45) is 5.92 Å². The summed E-state index contributed by atoms with van der Waals surface area (Å²) >= 11 is 1.51. The van der Waals surface area contributed by atoms with Gasteiger partial charge in [0.25, 0.3) is 5.91 Å². The monoisotopic (exact) mass is 564 g/mol. The van der Waals surface area contributed by atoms with E-state index < -0.39 is 10.0 Å². The second kappa shape index (κ2) is 12.2. The summed E-state index contributed by atoms with van der Waals surface area (Å²) < 4.78 is 28.8. The second-order valence-electron chi connectivity index (χ2n) is 10.1. The average molecular weight is 565 g/mol. The van der Waals surface area contributed by atoms with Gasteiger partial charge in [0, 0.05) is 25.2 Å². The molecule has 1 aliphatic rings. The van der Waals surface area contributed by atoms with Gasteiger partial charge in [-0.2, -0.15) is 4.31 Å². The number of thiazole rings is 1. The van der Waals surface area contributed by atoms with Gasteiger partial charge in [0.05, 0.1) is 15.1 Å². The highest BCUT2D eigenvalue weighted by atomic mass is 35.5. The summed E-state index contributed by atoms with van der Waals surface area (Å²) in [4.78, 5) is 22.6. The molecule has 2 heterocycles. The molecule has 1 aliphatic heterocycles. The molecule has 0 saturated carbocycles. The van der Waals surface area contributed by atoms with Crippen LogP contribution in [-0.4, -0.2) is 68.8 Å². The third-order valence-electron chi connectivity index (χ3n) is 7.02. The summed E-state index contributed by atoms with van der Waals surface area (Å²) in [5.74, 6) is 0.378. The predicted octanol–water partition coefficient (Wildman–Crippen LogP) is 5.35. The van der Waals surface area contributed by atoms with E-state index in [-0.39, 0.29) is 23.2 Å². The largest absolute Gasteiger partial charge is 0.309 e. The number of piperidine rings is 1. The van der Waals surface area contributed by atoms with Gasteiger partial charge in [-0.3, -0.25) is 9.69 Å². The molecule has 0 spiro atoms. The van der Waals surface area contributed by atoms with E-state index in [9.17, 15) is 13.2 Å². The lowest BCUT2D eigenvalue weighted by molar-refractivity contribution is 0.0986. The van der Waals surface area contributed by atoms with E-state index >= 15 is 0 Å². The molecular weight excluding hydrogens is 528 g/mol. The topological polar surface area (TPSA) is 73.8 Å². The van der Waals surface area contributed by atoms with Crippen LogP contribution in [0.2, 0.25) is 0 Å². The number of rotatable bonds is 8. The fraction of sp³-hybridized carbons (Fsp3) is 0.481. The number of aromatic nitrogens is 1. The fourth-order valence-corrected chi connectivity index (χ4v) is 6.98. The number of amides is 1. The molecule has 37 heavy (non-hydrogen) atoms. The molecule has 3 aromatic rings. The van der Waals surface area contributed by atoms with Gasteiger partial charge in [-0.15, -0.1) is 12.4 Å². The quantitative estimate of drug-likeness (QED) is 0.368. The predicted molar refractivity (Wildman–Crippen MR) is 155 cm³/mol. The van der Waals surface area contributed by atoms with Crippen molar-refractivity contribution in [2.75, 3.05) is 45.2 Å². The van der Waals surface area contributed by atoms with Crippen molar-refractivity contribution in [2.45, 2.75) is 44.9 Å². The third kappa shape index (κ3) is 6.52. The highest BCUT2D eigenvalue weighted by Gasteiger charge is 2.29. The van der Waals surface area contributed by atoms with Crippen LogP contribution in [0.5, 0.6) is 0 Å². The van der Waals surface area contributed by atoms with Crippen molar-refractivity contribution in [1.82, 2.24) is 14.2 Å². The Morgan fingerprint density at radius 3 is 2.32 bits per heavy atom. The standard InChI is InChI=1S/C27H36N4O3S2.ClH/c1-19-13-17-30(18-14-19)36(33,34)23-10-8-22(9-11-23)26(32)31(16-6-15-29(4)5)27-28-25-21(3)20(2)7-12-24(25)35-27;/h7-12,19H,6,13-18H2,1-5H3;1H. The van der Waals surface area contributed by atoms with E-state index in [0.717, 1.165) is 41.6 Å². The maximum Gasteiger partial charge on any atom is 0.260 e. The maximum atomic E-state index is 13.7. The number of hydrogen-bond donors (Lipinski definition) is 0. The summed E-state index contributed by atoms with van der Waals surface area (Å²) in [6.07, 6.45) is 2.55. The minimum Gasteiger partial charge on any atom is -0.309 e. The Balaban J connectivity index is 0.00000380. The van der Waals surface area contributed by atoms with Gasteiger partial charge < -0.3 is 4.90 Å². The van der Waals surface area contributed by atoms with Crippen LogP contribution in [0.4, 0.5) is 5.13 Å². The number of fused-ring (bicyclic) bond motifs is 1. The Labute approximate surface area is 230 Å². The van der Waals surface area contributed by atoms with E-state index in [1.807, 2.05) is 14.1 Å². The molecule has 1 aromatic heterocycles. The van der Waals surface area contributed by atoms with Gasteiger partial charge >= 0.3 is 0 Å². The molecule has 202 valence electrons. The number of benzene rings is 2. The Morgan fingerprint density at radius 1 is 1.05 bits per heavy atom. The first-order valence-corrected chi connectivity index (χ1v) is 14.8. The van der Waals surface area contributed by atoms with Crippen molar-refractivity contribution < 1.29 is 13.2 Å². The molecule has 7 nitrogen and oxygen atoms in total. The molecule has 0 atom stereocenters. The normalized spacial score (nSPS) is 15.2. The number of nitrogens with zero attached hydrogens (tertiary/aromatic N) is 4. The Kier molecular flexibility index (Phi) is 9.74. The van der Waals surface area contributed by atoms with E-state index in [0.29, 0.717) is 36.2 Å². The Hall–Kier alpha value is -2.04. The highest BCUT2D eigenvalue weighted by Crippen LogP contribution is 2.33. The van der Waals surface area contributed by atoms with Gasteiger partial charge in [-0.05, 0) is 101 Å². The van der Waals surface area contributed by atoms with E-state index in [1.165, 1.54) is 16.9 Å². The van der Waals surface area contributed by atoms with Crippen molar-refractivity contribution in [3.8, 4) is 0 Å². The highest BCUT2D eigenvalue weighted by molar-refractivity contribution is 7.89. The first-order valence-electron chi connectivity index (χ1n) is 12.5. The van der Waals surface area contributed by atoms with Crippen LogP contribution in [0, 0.1) is 19.8 Å². The minimum atomic E-state index is -3.56. The zero-order valence-corrected chi connectivity index (χ0v) is 24.7. The van der Waals surface area contributed by atoms with E-state index in [2.05, 4.69) is 37.8 Å². The zero-order chi connectivity index (χ0) is 26.0. The summed E-state index contributed by atoms with van der Waals surface area (Å²) in [6.45, 7) is 8.73. The number of carbonyl (C=O) groups excluding carboxylic acids is 1. The fourth-order valence-electron chi connectivity index (χ4n) is 4.46. The molecule has 4 rings (SSSR count). The van der Waals surface area contributed by atoms with Gasteiger partial charge in [0.1, 0.15) is 0 Å². The number of hydrogen-bond acceptors (Lipinski definition) is 6. The van der Waals surface area contributed by atoms with Crippen LogP contribution in [0.15, 0.2) is 41.3 Å². The van der Waals surface area contributed by atoms with E-state index in [4.69, 9.17) is 4.98 Å². The Morgan fingerprint density at radius 2 is 1.70 bits per heavy atom. The molecule has 0 radical (unpaired) electrons. The molecule has 0 unspecified atom stereocenters. The minimum absolute atomic E-state index is 0. The smallest absolute Gasteiger partial charge is 0.260 e. The molecule has 1 fully saturated rings. The molecule has 1 saturated heterocycles. The first kappa shape index (κ1) is 29.5. The van der Waals surface area contributed by atoms with Crippen molar-refractivity contribution >= 4 is 55.0 Å². The molecule has 0 bridgehead atoms. The molecular formula is C27H37ClN4O3S2. The first-order chi connectivity index (χ1) is 17.1. The molecule has 10 heteroatoms. The number of aryl methyl sites for hydroxylation is 2. The van der Waals surface area contributed by atoms with Crippen LogP contribution >= 0.6 is 23.7 Å². The number of carbonyl (C=O) groups is 1. The molecule has 0 aliphatic carbocycles. The zero-order valence-electron chi connectivity index (χ0n) is 22.2. The van der Waals surface area contributed by atoms with Crippen LogP contribution in [0.25, 0.3) is 10.2 Å². The van der Waals surface area contributed by atoms with Gasteiger partial charge in [0.15, 0.2) is 5.13 Å². The summed E-state index contributed by atoms with van der Waals surface area (Å²) in [7, 11) is 0.466. The summed E-state index contributed by atoms with van der Waals surface area (Å²) in [5, 5.41) is 0.668. The Bertz CT molecular complexity index is 1330. The summed E-state index contributed by atoms with van der Waals surface area (Å²) in [5.41, 5.74) is 3.68. The maximum absolute atomic E-state index is 13.7. The molecule has 0 N–H and O–H groups in total. The van der Waals surface area contributed by atoms with Crippen molar-refractivity contribution in [3.05, 3.63) is 53.1 Å². The van der Waals surface area contributed by atoms with Crippen molar-refractivity contribution in [3.63, 3.8) is 0 Å². The lowest BCUT2D eigenvalue weighted by Crippen LogP contribution is -2.38. The van der Waals surface area contributed by atoms with Gasteiger partial charge in [-0.1, -0.05) is 24.3 Å². The third-order valence-corrected chi connectivity index (χ3v) is 9.97. The summed E-state index contributed by atoms with van der Waals surface area (Å²) in [6, 6.07) is 10.5. The van der Waals surface area contributed by atoms with Crippen LogP contribution in [0.3, 0.4) is 0 Å². The van der Waals surface area contributed by atoms with Gasteiger partial charge in [-0.25, -0.2) is 13.4 Å². The average Bonchev–Trinajstić information content (AvgIpc) is 3.29. The molecule has 1 amide bonds.